The molecule has 1 aliphatic carbocycles. The Labute approximate surface area is 319 Å². The van der Waals surface area contributed by atoms with Gasteiger partial charge in [-0.05, 0) is 6.42 Å². The minimum Gasteiger partial charge on any atom is -0.462 e. The highest BCUT2D eigenvalue weighted by Crippen LogP contribution is 2.47. The summed E-state index contributed by atoms with van der Waals surface area (Å²) in [6.07, 6.45) is 19.4. The number of aliphatic hydroxyl groups is 5. The molecule has 14 heteroatoms. The molecule has 314 valence electrons. The molecule has 0 aromatic carbocycles. The Morgan fingerprint density at radius 2 is 0.887 bits per heavy atom. The molecular weight excluding hydrogens is 707 g/mol. The van der Waals surface area contributed by atoms with E-state index in [4.69, 9.17) is 18.5 Å². The zero-order valence-corrected chi connectivity index (χ0v) is 33.7. The summed E-state index contributed by atoms with van der Waals surface area (Å²) >= 11 is 0. The molecule has 0 aromatic rings. The largest absolute Gasteiger partial charge is 0.472 e. The number of phosphoric acid groups is 1. The fraction of sp³-hybridized carbons (Fsp3) is 0.949. The SMILES string of the molecule is CCCCCCCCCCCCCCCCCCCCCCCCCCCC(=O)OC[C@H](COP(=O)(O)OC1C(O)C(O)C(O)[C@@H](O)C1O)OC(C)=O. The second-order valence-electron chi connectivity index (χ2n) is 14.9. The number of phosphoric ester groups is 1. The lowest BCUT2D eigenvalue weighted by Gasteiger charge is -2.41. The second-order valence-corrected chi connectivity index (χ2v) is 16.3. The average Bonchev–Trinajstić information content (AvgIpc) is 3.12. The minimum atomic E-state index is -5.06. The van der Waals surface area contributed by atoms with Gasteiger partial charge in [-0.1, -0.05) is 161 Å². The Kier molecular flexibility index (Phi) is 29.2. The summed E-state index contributed by atoms with van der Waals surface area (Å²) in [7, 11) is -5.06. The number of unbranched alkanes of at least 4 members (excludes halogenated alkanes) is 24. The number of carbonyl (C=O) groups excluding carboxylic acids is 2. The maximum Gasteiger partial charge on any atom is 0.472 e. The lowest BCUT2D eigenvalue weighted by Crippen LogP contribution is -2.64. The Morgan fingerprint density at radius 3 is 1.25 bits per heavy atom. The predicted octanol–water partition coefficient (Wildman–Crippen LogP) is 6.94. The third-order valence-corrected chi connectivity index (χ3v) is 11.0. The molecule has 0 bridgehead atoms. The van der Waals surface area contributed by atoms with Crippen LogP contribution in [0.25, 0.3) is 0 Å². The van der Waals surface area contributed by atoms with E-state index in [2.05, 4.69) is 6.92 Å². The van der Waals surface area contributed by atoms with Crippen molar-refractivity contribution in [1.29, 1.82) is 0 Å². The van der Waals surface area contributed by atoms with E-state index in [-0.39, 0.29) is 6.42 Å². The topological polar surface area (TPSA) is 210 Å². The number of carbonyl (C=O) groups is 2. The fourth-order valence-electron chi connectivity index (χ4n) is 6.70. The van der Waals surface area contributed by atoms with Crippen LogP contribution in [0.3, 0.4) is 0 Å². The van der Waals surface area contributed by atoms with Crippen LogP contribution >= 0.6 is 7.82 Å². The van der Waals surface area contributed by atoms with E-state index in [9.17, 15) is 44.6 Å². The second kappa shape index (κ2) is 31.0. The smallest absolute Gasteiger partial charge is 0.462 e. The van der Waals surface area contributed by atoms with Crippen molar-refractivity contribution in [2.45, 2.75) is 224 Å². The monoisotopic (exact) mass is 782 g/mol. The predicted molar refractivity (Wildman–Crippen MR) is 203 cm³/mol. The van der Waals surface area contributed by atoms with Gasteiger partial charge in [0, 0.05) is 13.3 Å². The van der Waals surface area contributed by atoms with Crippen molar-refractivity contribution in [3.63, 3.8) is 0 Å². The summed E-state index contributed by atoms with van der Waals surface area (Å²) < 4.78 is 32.2. The number of hydrogen-bond donors (Lipinski definition) is 6. The molecule has 0 saturated heterocycles. The zero-order chi connectivity index (χ0) is 39.3. The van der Waals surface area contributed by atoms with E-state index in [1.54, 1.807) is 0 Å². The molecule has 1 fully saturated rings. The van der Waals surface area contributed by atoms with Crippen LogP contribution in [0.5, 0.6) is 0 Å². The lowest BCUT2D eigenvalue weighted by atomic mass is 9.85. The van der Waals surface area contributed by atoms with E-state index >= 15 is 0 Å². The van der Waals surface area contributed by atoms with Crippen LogP contribution in [0.4, 0.5) is 0 Å². The van der Waals surface area contributed by atoms with Crippen LogP contribution < -0.4 is 0 Å². The molecule has 6 N–H and O–H groups in total. The van der Waals surface area contributed by atoms with Gasteiger partial charge in [0.1, 0.15) is 43.2 Å². The number of ether oxygens (including phenoxy) is 2. The van der Waals surface area contributed by atoms with Crippen LogP contribution in [0.2, 0.25) is 0 Å². The lowest BCUT2D eigenvalue weighted by molar-refractivity contribution is -0.220. The van der Waals surface area contributed by atoms with Crippen LogP contribution in [0.1, 0.15) is 181 Å². The molecule has 53 heavy (non-hydrogen) atoms. The summed E-state index contributed by atoms with van der Waals surface area (Å²) in [5, 5.41) is 49.3. The third kappa shape index (κ3) is 24.9. The van der Waals surface area contributed by atoms with Crippen molar-refractivity contribution in [2.24, 2.45) is 0 Å². The first-order chi connectivity index (χ1) is 25.4. The molecule has 1 saturated carbocycles. The van der Waals surface area contributed by atoms with E-state index in [0.29, 0.717) is 6.42 Å². The van der Waals surface area contributed by atoms with Gasteiger partial charge in [-0.25, -0.2) is 4.57 Å². The van der Waals surface area contributed by atoms with E-state index < -0.39 is 75.7 Å². The van der Waals surface area contributed by atoms with Gasteiger partial charge in [-0.15, -0.1) is 0 Å². The van der Waals surface area contributed by atoms with Gasteiger partial charge in [-0.3, -0.25) is 18.6 Å². The number of rotatable bonds is 34. The van der Waals surface area contributed by atoms with Crippen LogP contribution in [-0.4, -0.2) is 98.3 Å². The maximum atomic E-state index is 12.4. The van der Waals surface area contributed by atoms with Crippen LogP contribution in [0.15, 0.2) is 0 Å². The zero-order valence-electron chi connectivity index (χ0n) is 32.8. The Bertz CT molecular complexity index is 954. The average molecular weight is 783 g/mol. The Morgan fingerprint density at radius 1 is 0.547 bits per heavy atom. The van der Waals surface area contributed by atoms with E-state index in [1.807, 2.05) is 0 Å². The van der Waals surface area contributed by atoms with Gasteiger partial charge in [0.25, 0.3) is 0 Å². The van der Waals surface area contributed by atoms with E-state index in [1.165, 1.54) is 135 Å². The molecule has 0 aromatic heterocycles. The van der Waals surface area contributed by atoms with Gasteiger partial charge >= 0.3 is 19.8 Å². The molecule has 6 unspecified atom stereocenters. The first kappa shape index (κ1) is 49.9. The molecule has 8 atom stereocenters. The van der Waals surface area contributed by atoms with E-state index in [0.717, 1.165) is 26.2 Å². The van der Waals surface area contributed by atoms with Gasteiger partial charge < -0.3 is 39.9 Å². The molecule has 0 radical (unpaired) electrons. The van der Waals surface area contributed by atoms with Crippen molar-refractivity contribution < 1.29 is 63.1 Å². The standard InChI is InChI=1S/C39H75O13P/c1-3-4-5-6-7-8-9-10-11-12-13-14-15-16-17-18-19-20-21-22-23-24-25-26-27-28-33(41)49-29-32(51-31(2)40)30-50-53(47,48)52-39-37(45)35(43)34(42)36(44)38(39)46/h32,34-39,42-46H,3-30H2,1-2H3,(H,47,48)/t32-,34?,35-,36?,37?,38?,39?/m1/s1. The van der Waals surface area contributed by atoms with Gasteiger partial charge in [0.05, 0.1) is 6.61 Å². The number of aliphatic hydroxyl groups excluding tert-OH is 5. The van der Waals surface area contributed by atoms with Crippen molar-refractivity contribution in [1.82, 2.24) is 0 Å². The summed E-state index contributed by atoms with van der Waals surface area (Å²) in [5.74, 6) is -1.28. The molecule has 13 nitrogen and oxygen atoms in total. The quantitative estimate of drug-likeness (QED) is 0.0222. The summed E-state index contributed by atoms with van der Waals surface area (Å²) in [6.45, 7) is 2.17. The van der Waals surface area contributed by atoms with Crippen molar-refractivity contribution in [3.05, 3.63) is 0 Å². The van der Waals surface area contributed by atoms with Gasteiger partial charge in [-0.2, -0.15) is 0 Å². The molecule has 0 spiro atoms. The summed E-state index contributed by atoms with van der Waals surface area (Å²) in [4.78, 5) is 33.8. The highest BCUT2D eigenvalue weighted by Gasteiger charge is 2.51. The number of hydrogen-bond acceptors (Lipinski definition) is 12. The molecular formula is C39H75O13P. The van der Waals surface area contributed by atoms with Crippen LogP contribution in [0, 0.1) is 0 Å². The van der Waals surface area contributed by atoms with Crippen molar-refractivity contribution in [2.75, 3.05) is 13.2 Å². The van der Waals surface area contributed by atoms with Gasteiger partial charge in [0.15, 0.2) is 6.10 Å². The number of esters is 2. The highest BCUT2D eigenvalue weighted by atomic mass is 31.2. The van der Waals surface area contributed by atoms with Crippen molar-refractivity contribution >= 4 is 19.8 Å². The van der Waals surface area contributed by atoms with Gasteiger partial charge in [0.2, 0.25) is 0 Å². The maximum absolute atomic E-state index is 12.4. The fourth-order valence-corrected chi connectivity index (χ4v) is 7.67. The minimum absolute atomic E-state index is 0.169. The van der Waals surface area contributed by atoms with Crippen LogP contribution in [-0.2, 0) is 32.7 Å². The first-order valence-corrected chi connectivity index (χ1v) is 22.3. The molecule has 1 rings (SSSR count). The molecule has 1 aliphatic rings. The first-order valence-electron chi connectivity index (χ1n) is 20.8. The van der Waals surface area contributed by atoms with Crippen molar-refractivity contribution in [3.8, 4) is 0 Å². The third-order valence-electron chi connectivity index (χ3n) is 10.00. The normalized spacial score (nSPS) is 23.4. The molecule has 0 aliphatic heterocycles. The highest BCUT2D eigenvalue weighted by molar-refractivity contribution is 7.47. The summed E-state index contributed by atoms with van der Waals surface area (Å²) in [6, 6.07) is 0. The Balaban J connectivity index is 2.02. The summed E-state index contributed by atoms with van der Waals surface area (Å²) in [5.41, 5.74) is 0. The Hall–Kier alpha value is -1.15. The molecule has 0 amide bonds. The molecule has 0 heterocycles.